The van der Waals surface area contributed by atoms with Gasteiger partial charge in [-0.25, -0.2) is 0 Å². The Morgan fingerprint density at radius 1 is 1.14 bits per heavy atom. The molecule has 0 unspecified atom stereocenters. The molecule has 0 aliphatic carbocycles. The molecule has 1 heterocycles. The van der Waals surface area contributed by atoms with E-state index in [0.717, 1.165) is 45.6 Å². The van der Waals surface area contributed by atoms with E-state index < -0.39 is 0 Å². The Labute approximate surface area is 173 Å². The van der Waals surface area contributed by atoms with Crippen LogP contribution < -0.4 is 4.74 Å². The average molecular weight is 394 g/mol. The fraction of sp³-hybridized carbons (Fsp3) is 0.417. The minimum Gasteiger partial charge on any atom is -0.497 e. The number of benzene rings is 2. The van der Waals surface area contributed by atoms with Crippen LogP contribution in [0.4, 0.5) is 0 Å². The molecule has 29 heavy (non-hydrogen) atoms. The maximum absolute atomic E-state index is 12.9. The molecule has 0 bridgehead atoms. The fourth-order valence-electron chi connectivity index (χ4n) is 3.66. The molecule has 0 radical (unpaired) electrons. The molecule has 0 saturated carbocycles. The highest BCUT2D eigenvalue weighted by atomic mass is 16.5. The number of carbonyl (C=O) groups excluding carboxylic acids is 1. The first-order valence-electron chi connectivity index (χ1n) is 10.1. The van der Waals surface area contributed by atoms with Crippen molar-refractivity contribution in [3.8, 4) is 5.75 Å². The molecule has 0 fully saturated rings. The molecule has 5 heteroatoms. The van der Waals surface area contributed by atoms with Gasteiger partial charge >= 0.3 is 0 Å². The van der Waals surface area contributed by atoms with Crippen LogP contribution >= 0.6 is 0 Å². The maximum atomic E-state index is 12.9. The first kappa shape index (κ1) is 20.9. The number of fused-ring (bicyclic) bond motifs is 1. The first-order valence-corrected chi connectivity index (χ1v) is 10.1. The van der Waals surface area contributed by atoms with Gasteiger partial charge in [0.2, 0.25) is 5.91 Å². The molecule has 1 amide bonds. The lowest BCUT2D eigenvalue weighted by Crippen LogP contribution is -2.28. The Kier molecular flexibility index (Phi) is 6.26. The van der Waals surface area contributed by atoms with Crippen LogP contribution in [0, 0.1) is 19.8 Å². The Hall–Kier alpha value is -2.82. The minimum absolute atomic E-state index is 0.107. The van der Waals surface area contributed by atoms with Crippen molar-refractivity contribution in [3.63, 3.8) is 0 Å². The van der Waals surface area contributed by atoms with Crippen LogP contribution in [0.2, 0.25) is 0 Å². The molecule has 154 valence electrons. The topological polar surface area (TPSA) is 47.4 Å². The van der Waals surface area contributed by atoms with Crippen molar-refractivity contribution in [2.24, 2.45) is 5.92 Å². The number of aromatic nitrogens is 2. The normalized spacial score (nSPS) is 11.3. The van der Waals surface area contributed by atoms with Crippen molar-refractivity contribution >= 4 is 16.7 Å². The predicted molar refractivity (Wildman–Crippen MR) is 117 cm³/mol. The van der Waals surface area contributed by atoms with E-state index in [0.29, 0.717) is 18.9 Å². The second-order valence-electron chi connectivity index (χ2n) is 8.20. The molecule has 0 aliphatic heterocycles. The Bertz CT molecular complexity index is 1020. The Balaban J connectivity index is 1.71. The van der Waals surface area contributed by atoms with Crippen LogP contribution in [-0.4, -0.2) is 34.7 Å². The lowest BCUT2D eigenvalue weighted by Gasteiger charge is -2.18. The van der Waals surface area contributed by atoms with Crippen molar-refractivity contribution < 1.29 is 9.53 Å². The minimum atomic E-state index is 0.107. The van der Waals surface area contributed by atoms with Crippen molar-refractivity contribution in [1.82, 2.24) is 14.7 Å². The molecule has 0 N–H and O–H groups in total. The summed E-state index contributed by atoms with van der Waals surface area (Å²) in [5.74, 6) is 1.48. The number of hydrogen-bond donors (Lipinski definition) is 0. The summed E-state index contributed by atoms with van der Waals surface area (Å²) in [6.45, 7) is 9.85. The van der Waals surface area contributed by atoms with E-state index in [4.69, 9.17) is 4.74 Å². The van der Waals surface area contributed by atoms with E-state index in [1.807, 2.05) is 30.8 Å². The van der Waals surface area contributed by atoms with Crippen LogP contribution in [-0.2, 0) is 24.3 Å². The largest absolute Gasteiger partial charge is 0.497 e. The third kappa shape index (κ3) is 4.78. The summed E-state index contributed by atoms with van der Waals surface area (Å²) in [7, 11) is 3.54. The summed E-state index contributed by atoms with van der Waals surface area (Å²) in [5, 5.41) is 6.91. The third-order valence-electron chi connectivity index (χ3n) is 5.35. The van der Waals surface area contributed by atoms with E-state index in [-0.39, 0.29) is 5.91 Å². The number of likely N-dealkylation sites (N-methyl/N-ethyl adjacent to an activating group) is 1. The number of nitrogens with zero attached hydrogens (tertiary/aromatic N) is 3. The zero-order chi connectivity index (χ0) is 21.1. The number of methoxy groups -OCH3 is 1. The molecule has 3 rings (SSSR count). The molecule has 0 aliphatic rings. The maximum Gasteiger partial charge on any atom is 0.227 e. The molecular formula is C24H31N3O2. The molecule has 0 atom stereocenters. The van der Waals surface area contributed by atoms with Gasteiger partial charge in [-0.15, -0.1) is 0 Å². The zero-order valence-electron chi connectivity index (χ0n) is 18.3. The second-order valence-corrected chi connectivity index (χ2v) is 8.20. The van der Waals surface area contributed by atoms with Crippen LogP contribution in [0.3, 0.4) is 0 Å². The van der Waals surface area contributed by atoms with Gasteiger partial charge in [-0.05, 0) is 54.3 Å². The number of hydrogen-bond acceptors (Lipinski definition) is 3. The van der Waals surface area contributed by atoms with Crippen LogP contribution in [0.25, 0.3) is 10.8 Å². The van der Waals surface area contributed by atoms with E-state index in [9.17, 15) is 4.79 Å². The zero-order valence-corrected chi connectivity index (χ0v) is 18.3. The molecule has 0 spiro atoms. The lowest BCUT2D eigenvalue weighted by atomic mass is 10.1. The monoisotopic (exact) mass is 393 g/mol. The van der Waals surface area contributed by atoms with E-state index in [1.54, 1.807) is 12.0 Å². The number of carbonyl (C=O) groups is 1. The van der Waals surface area contributed by atoms with Gasteiger partial charge in [0.25, 0.3) is 0 Å². The van der Waals surface area contributed by atoms with Crippen LogP contribution in [0.15, 0.2) is 36.4 Å². The average Bonchev–Trinajstić information content (AvgIpc) is 2.94. The summed E-state index contributed by atoms with van der Waals surface area (Å²) in [6, 6.07) is 12.3. The molecule has 0 saturated heterocycles. The number of ether oxygens (including phenoxy) is 1. The number of aryl methyl sites for hydroxylation is 1. The number of amides is 1. The third-order valence-corrected chi connectivity index (χ3v) is 5.35. The highest BCUT2D eigenvalue weighted by molar-refractivity contribution is 5.85. The number of rotatable bonds is 7. The Morgan fingerprint density at radius 3 is 2.52 bits per heavy atom. The van der Waals surface area contributed by atoms with Crippen LogP contribution in [0.1, 0.15) is 36.4 Å². The smallest absolute Gasteiger partial charge is 0.227 e. The highest BCUT2D eigenvalue weighted by Crippen LogP contribution is 2.23. The fourth-order valence-corrected chi connectivity index (χ4v) is 3.66. The van der Waals surface area contributed by atoms with Gasteiger partial charge in [-0.2, -0.15) is 5.10 Å². The molecule has 1 aromatic heterocycles. The SMILES string of the molecule is COc1ccc2cc(CN(C)C(=O)Cc3c(C)nn(CC(C)C)c3C)ccc2c1. The summed E-state index contributed by atoms with van der Waals surface area (Å²) in [4.78, 5) is 14.7. The summed E-state index contributed by atoms with van der Waals surface area (Å²) in [6.07, 6.45) is 0.386. The first-order chi connectivity index (χ1) is 13.8. The van der Waals surface area contributed by atoms with Gasteiger partial charge in [0.05, 0.1) is 19.2 Å². The summed E-state index contributed by atoms with van der Waals surface area (Å²) >= 11 is 0. The molecule has 5 nitrogen and oxygen atoms in total. The van der Waals surface area contributed by atoms with Crippen molar-refractivity contribution in [2.45, 2.75) is 47.2 Å². The van der Waals surface area contributed by atoms with Crippen molar-refractivity contribution in [2.75, 3.05) is 14.2 Å². The lowest BCUT2D eigenvalue weighted by molar-refractivity contribution is -0.129. The van der Waals surface area contributed by atoms with Gasteiger partial charge in [0, 0.05) is 31.4 Å². The predicted octanol–water partition coefficient (Wildman–Crippen LogP) is 4.52. The van der Waals surface area contributed by atoms with Gasteiger partial charge in [-0.1, -0.05) is 32.0 Å². The molecule has 2 aromatic carbocycles. The van der Waals surface area contributed by atoms with Crippen molar-refractivity contribution in [1.29, 1.82) is 0 Å². The molecular weight excluding hydrogens is 362 g/mol. The summed E-state index contributed by atoms with van der Waals surface area (Å²) in [5.41, 5.74) is 4.21. The quantitative estimate of drug-likeness (QED) is 0.593. The second kappa shape index (κ2) is 8.68. The van der Waals surface area contributed by atoms with Gasteiger partial charge in [0.1, 0.15) is 5.75 Å². The van der Waals surface area contributed by atoms with E-state index >= 15 is 0 Å². The van der Waals surface area contributed by atoms with Crippen molar-refractivity contribution in [3.05, 3.63) is 58.9 Å². The standard InChI is InChI=1S/C24H31N3O2/c1-16(2)14-27-18(4)23(17(3)25-27)13-24(28)26(5)15-19-7-8-21-12-22(29-6)10-9-20(21)11-19/h7-12,16H,13-15H2,1-6H3. The van der Waals surface area contributed by atoms with Gasteiger partial charge in [0.15, 0.2) is 0 Å². The summed E-state index contributed by atoms with van der Waals surface area (Å²) < 4.78 is 7.32. The Morgan fingerprint density at radius 2 is 1.83 bits per heavy atom. The van der Waals surface area contributed by atoms with E-state index in [1.165, 1.54) is 0 Å². The van der Waals surface area contributed by atoms with Crippen LogP contribution in [0.5, 0.6) is 5.75 Å². The van der Waals surface area contributed by atoms with E-state index in [2.05, 4.69) is 50.1 Å². The van der Waals surface area contributed by atoms with Gasteiger partial charge < -0.3 is 9.64 Å². The highest BCUT2D eigenvalue weighted by Gasteiger charge is 2.18. The van der Waals surface area contributed by atoms with Gasteiger partial charge in [-0.3, -0.25) is 9.48 Å². The molecule has 3 aromatic rings.